The number of aromatic nitrogens is 2. The molecule has 126 valence electrons. The average molecular weight is 348 g/mol. The summed E-state index contributed by atoms with van der Waals surface area (Å²) in [6.07, 6.45) is 2.82. The van der Waals surface area contributed by atoms with Gasteiger partial charge in [-0.15, -0.1) is 0 Å². The van der Waals surface area contributed by atoms with Gasteiger partial charge in [0, 0.05) is 11.3 Å². The Kier molecular flexibility index (Phi) is 4.70. The number of rotatable bonds is 5. The van der Waals surface area contributed by atoms with Crippen LogP contribution in [0.1, 0.15) is 28.8 Å². The van der Waals surface area contributed by atoms with Crippen molar-refractivity contribution in [3.63, 3.8) is 0 Å². The molecule has 0 spiro atoms. The molecule has 0 saturated heterocycles. The Morgan fingerprint density at radius 2 is 1.60 bits per heavy atom. The second-order valence-electron chi connectivity index (χ2n) is 6.32. The first-order valence-corrected chi connectivity index (χ1v) is 9.63. The molecule has 3 nitrogen and oxygen atoms in total. The van der Waals surface area contributed by atoms with Gasteiger partial charge in [-0.25, -0.2) is 4.98 Å². The fraction of sp³-hybridized carbons (Fsp3) is 0.238. The number of hydrogen-bond acceptors (Lipinski definition) is 3. The minimum absolute atomic E-state index is 0.141. The van der Waals surface area contributed by atoms with Gasteiger partial charge in [-0.05, 0) is 30.4 Å². The van der Waals surface area contributed by atoms with Crippen LogP contribution in [0.4, 0.5) is 0 Å². The molecule has 0 radical (unpaired) electrons. The van der Waals surface area contributed by atoms with Crippen LogP contribution >= 0.6 is 11.8 Å². The van der Waals surface area contributed by atoms with Gasteiger partial charge in [-0.3, -0.25) is 9.36 Å². The lowest BCUT2D eigenvalue weighted by atomic mass is 10.2. The van der Waals surface area contributed by atoms with Gasteiger partial charge in [0.2, 0.25) is 0 Å². The third kappa shape index (κ3) is 3.54. The first-order valence-electron chi connectivity index (χ1n) is 8.64. The SMILES string of the molecule is O=c1c2c(nc(SCc3ccccc3)n1Cc1ccccc1)CCC2. The summed E-state index contributed by atoms with van der Waals surface area (Å²) in [6, 6.07) is 20.5. The number of fused-ring (bicyclic) bond motifs is 1. The molecule has 25 heavy (non-hydrogen) atoms. The predicted molar refractivity (Wildman–Crippen MR) is 102 cm³/mol. The number of benzene rings is 2. The Labute approximate surface area is 151 Å². The highest BCUT2D eigenvalue weighted by molar-refractivity contribution is 7.98. The topological polar surface area (TPSA) is 34.9 Å². The van der Waals surface area contributed by atoms with Gasteiger partial charge in [0.1, 0.15) is 0 Å². The van der Waals surface area contributed by atoms with Crippen molar-refractivity contribution < 1.29 is 0 Å². The molecule has 0 N–H and O–H groups in total. The van der Waals surface area contributed by atoms with Crippen molar-refractivity contribution in [1.82, 2.24) is 9.55 Å². The molecule has 1 aliphatic carbocycles. The largest absolute Gasteiger partial charge is 0.283 e. The molecule has 3 aromatic rings. The second-order valence-corrected chi connectivity index (χ2v) is 7.27. The van der Waals surface area contributed by atoms with Crippen molar-refractivity contribution in [2.45, 2.75) is 36.7 Å². The number of aryl methyl sites for hydroxylation is 1. The van der Waals surface area contributed by atoms with E-state index in [4.69, 9.17) is 4.98 Å². The van der Waals surface area contributed by atoms with Crippen molar-refractivity contribution in [1.29, 1.82) is 0 Å². The summed E-state index contributed by atoms with van der Waals surface area (Å²) in [7, 11) is 0. The Morgan fingerprint density at radius 3 is 2.32 bits per heavy atom. The Bertz CT molecular complexity index is 920. The third-order valence-corrected chi connectivity index (χ3v) is 5.60. The van der Waals surface area contributed by atoms with Crippen molar-refractivity contribution in [3.8, 4) is 0 Å². The van der Waals surface area contributed by atoms with E-state index in [0.29, 0.717) is 6.54 Å². The van der Waals surface area contributed by atoms with Crippen LogP contribution in [0.3, 0.4) is 0 Å². The average Bonchev–Trinajstić information content (AvgIpc) is 3.13. The molecule has 0 atom stereocenters. The van der Waals surface area contributed by atoms with Crippen molar-refractivity contribution in [2.75, 3.05) is 0 Å². The number of hydrogen-bond donors (Lipinski definition) is 0. The minimum Gasteiger partial charge on any atom is -0.283 e. The highest BCUT2D eigenvalue weighted by atomic mass is 32.2. The van der Waals surface area contributed by atoms with Gasteiger partial charge in [0.05, 0.1) is 12.2 Å². The Morgan fingerprint density at radius 1 is 0.920 bits per heavy atom. The van der Waals surface area contributed by atoms with Gasteiger partial charge < -0.3 is 0 Å². The zero-order valence-corrected chi connectivity index (χ0v) is 14.8. The molecule has 0 unspecified atom stereocenters. The van der Waals surface area contributed by atoms with E-state index >= 15 is 0 Å². The third-order valence-electron chi connectivity index (χ3n) is 4.55. The molecule has 0 saturated carbocycles. The summed E-state index contributed by atoms with van der Waals surface area (Å²) in [5.41, 5.74) is 4.44. The molecule has 0 amide bonds. The first-order chi connectivity index (χ1) is 12.3. The number of thioether (sulfide) groups is 1. The van der Waals surface area contributed by atoms with Crippen LogP contribution in [-0.4, -0.2) is 9.55 Å². The molecule has 1 aromatic heterocycles. The van der Waals surface area contributed by atoms with Crippen LogP contribution in [0.2, 0.25) is 0 Å². The molecule has 4 rings (SSSR count). The van der Waals surface area contributed by atoms with Gasteiger partial charge in [0.25, 0.3) is 5.56 Å². The zero-order chi connectivity index (χ0) is 17.1. The second kappa shape index (κ2) is 7.28. The summed E-state index contributed by atoms with van der Waals surface area (Å²) in [6.45, 7) is 0.580. The van der Waals surface area contributed by atoms with Gasteiger partial charge in [-0.1, -0.05) is 72.4 Å². The van der Waals surface area contributed by atoms with Crippen molar-refractivity contribution in [2.24, 2.45) is 0 Å². The number of nitrogens with zero attached hydrogens (tertiary/aromatic N) is 2. The maximum Gasteiger partial charge on any atom is 0.257 e. The van der Waals surface area contributed by atoms with Crippen LogP contribution in [0.5, 0.6) is 0 Å². The van der Waals surface area contributed by atoms with Crippen molar-refractivity contribution >= 4 is 11.8 Å². The van der Waals surface area contributed by atoms with Gasteiger partial charge >= 0.3 is 0 Å². The van der Waals surface area contributed by atoms with E-state index < -0.39 is 0 Å². The van der Waals surface area contributed by atoms with E-state index in [1.54, 1.807) is 11.8 Å². The van der Waals surface area contributed by atoms with E-state index in [9.17, 15) is 4.79 Å². The zero-order valence-electron chi connectivity index (χ0n) is 14.0. The first kappa shape index (κ1) is 16.2. The fourth-order valence-electron chi connectivity index (χ4n) is 3.24. The fourth-order valence-corrected chi connectivity index (χ4v) is 4.21. The van der Waals surface area contributed by atoms with Crippen LogP contribution in [-0.2, 0) is 25.1 Å². The summed E-state index contributed by atoms with van der Waals surface area (Å²) in [5.74, 6) is 0.820. The Hall–Kier alpha value is -2.33. The summed E-state index contributed by atoms with van der Waals surface area (Å²) >= 11 is 1.65. The minimum atomic E-state index is 0.141. The van der Waals surface area contributed by atoms with Gasteiger partial charge in [0.15, 0.2) is 5.16 Å². The highest BCUT2D eigenvalue weighted by Gasteiger charge is 2.21. The van der Waals surface area contributed by atoms with Crippen LogP contribution in [0.15, 0.2) is 70.6 Å². The van der Waals surface area contributed by atoms with Crippen LogP contribution in [0, 0.1) is 0 Å². The molecule has 0 fully saturated rings. The van der Waals surface area contributed by atoms with E-state index in [0.717, 1.165) is 47.0 Å². The van der Waals surface area contributed by atoms with Gasteiger partial charge in [-0.2, -0.15) is 0 Å². The lowest BCUT2D eigenvalue weighted by Gasteiger charge is -2.14. The summed E-state index contributed by atoms with van der Waals surface area (Å²) in [4.78, 5) is 17.9. The molecular weight excluding hydrogens is 328 g/mol. The highest BCUT2D eigenvalue weighted by Crippen LogP contribution is 2.25. The molecule has 0 bridgehead atoms. The van der Waals surface area contributed by atoms with Crippen molar-refractivity contribution in [3.05, 3.63) is 93.4 Å². The Balaban J connectivity index is 1.69. The monoisotopic (exact) mass is 348 g/mol. The predicted octanol–water partition coefficient (Wildman–Crippen LogP) is 4.07. The van der Waals surface area contributed by atoms with E-state index in [1.807, 2.05) is 41.0 Å². The molecule has 1 aliphatic rings. The standard InChI is InChI=1S/C21H20N2OS/c24-20-18-12-7-13-19(18)22-21(25-15-17-10-5-2-6-11-17)23(20)14-16-8-3-1-4-9-16/h1-6,8-11H,7,12-15H2. The van der Waals surface area contributed by atoms with Crippen LogP contribution in [0.25, 0.3) is 0 Å². The lowest BCUT2D eigenvalue weighted by molar-refractivity contribution is 0.631. The summed E-state index contributed by atoms with van der Waals surface area (Å²) in [5, 5.41) is 0.832. The summed E-state index contributed by atoms with van der Waals surface area (Å²) < 4.78 is 1.85. The normalized spacial score (nSPS) is 13.0. The lowest BCUT2D eigenvalue weighted by Crippen LogP contribution is -2.27. The smallest absolute Gasteiger partial charge is 0.257 e. The maximum atomic E-state index is 13.0. The van der Waals surface area contributed by atoms with E-state index in [-0.39, 0.29) is 5.56 Å². The van der Waals surface area contributed by atoms with E-state index in [2.05, 4.69) is 24.3 Å². The van der Waals surface area contributed by atoms with Crippen LogP contribution < -0.4 is 5.56 Å². The molecule has 2 aromatic carbocycles. The quantitative estimate of drug-likeness (QED) is 0.515. The molecule has 4 heteroatoms. The van der Waals surface area contributed by atoms with E-state index in [1.165, 1.54) is 5.56 Å². The molecule has 1 heterocycles. The maximum absolute atomic E-state index is 13.0. The molecular formula is C21H20N2OS. The molecule has 0 aliphatic heterocycles.